The smallest absolute Gasteiger partial charge is 0.0743 e. The lowest BCUT2D eigenvalue weighted by Gasteiger charge is -2.37. The topological polar surface area (TPSA) is 38.5 Å². The Hall–Kier alpha value is -0.190. The maximum absolute atomic E-state index is 5.62. The Morgan fingerprint density at radius 3 is 2.93 bits per heavy atom. The zero-order chi connectivity index (χ0) is 11.3. The first-order chi connectivity index (χ1) is 7.17. The van der Waals surface area contributed by atoms with Crippen molar-refractivity contribution in [2.24, 2.45) is 5.73 Å². The first-order valence-corrected chi connectivity index (χ1v) is 6.13. The van der Waals surface area contributed by atoms with E-state index in [-0.39, 0.29) is 0 Å². The second-order valence-electron chi connectivity index (χ2n) is 4.23. The summed E-state index contributed by atoms with van der Waals surface area (Å²) in [5.74, 6) is 0. The molecule has 2 atom stereocenters. The van der Waals surface area contributed by atoms with Crippen LogP contribution in [0.25, 0.3) is 0 Å². The Balaban J connectivity index is 2.47. The summed E-state index contributed by atoms with van der Waals surface area (Å²) in [7, 11) is 1.79. The fourth-order valence-electron chi connectivity index (χ4n) is 2.25. The van der Waals surface area contributed by atoms with E-state index in [0.717, 1.165) is 25.9 Å². The predicted octanol–water partition coefficient (Wildman–Crippen LogP) is 1.55. The van der Waals surface area contributed by atoms with E-state index in [1.165, 1.54) is 12.8 Å². The van der Waals surface area contributed by atoms with Gasteiger partial charge in [-0.05, 0) is 25.8 Å². The molecule has 2 unspecified atom stereocenters. The molecule has 3 nitrogen and oxygen atoms in total. The van der Waals surface area contributed by atoms with Crippen LogP contribution in [0.5, 0.6) is 0 Å². The molecular weight excluding hydrogens is 208 g/mol. The van der Waals surface area contributed by atoms with Gasteiger partial charge in [0.05, 0.1) is 11.1 Å². The maximum Gasteiger partial charge on any atom is 0.0743 e. The summed E-state index contributed by atoms with van der Waals surface area (Å²) in [5, 5.41) is 0. The summed E-state index contributed by atoms with van der Waals surface area (Å²) in [4.78, 5) is 3.10. The molecule has 1 aliphatic rings. The third-order valence-electron chi connectivity index (χ3n) is 3.17. The van der Waals surface area contributed by atoms with Gasteiger partial charge in [0.25, 0.3) is 0 Å². The van der Waals surface area contributed by atoms with Gasteiger partial charge < -0.3 is 10.5 Å². The second-order valence-corrected chi connectivity index (χ2v) is 4.75. The maximum atomic E-state index is 5.62. The molecule has 0 aliphatic carbocycles. The van der Waals surface area contributed by atoms with E-state index >= 15 is 0 Å². The lowest BCUT2D eigenvalue weighted by atomic mass is 10.0. The van der Waals surface area contributed by atoms with E-state index < -0.39 is 0 Å². The van der Waals surface area contributed by atoms with Gasteiger partial charge in [0.1, 0.15) is 0 Å². The zero-order valence-electron chi connectivity index (χ0n) is 9.74. The number of likely N-dealkylation sites (tertiary alicyclic amines) is 1. The molecule has 0 aromatic heterocycles. The first kappa shape index (κ1) is 12.9. The van der Waals surface area contributed by atoms with E-state index in [1.807, 2.05) is 0 Å². The highest BCUT2D eigenvalue weighted by Gasteiger charge is 2.24. The number of hydrogen-bond acceptors (Lipinski definition) is 3. The van der Waals surface area contributed by atoms with E-state index in [4.69, 9.17) is 22.7 Å². The third-order valence-corrected chi connectivity index (χ3v) is 3.33. The van der Waals surface area contributed by atoms with Crippen LogP contribution in [0.4, 0.5) is 0 Å². The predicted molar refractivity (Wildman–Crippen MR) is 67.1 cm³/mol. The highest BCUT2D eigenvalue weighted by Crippen LogP contribution is 2.18. The van der Waals surface area contributed by atoms with Gasteiger partial charge in [-0.15, -0.1) is 0 Å². The second kappa shape index (κ2) is 6.40. The summed E-state index contributed by atoms with van der Waals surface area (Å²) in [6.07, 6.45) is 4.72. The van der Waals surface area contributed by atoms with Gasteiger partial charge in [-0.25, -0.2) is 0 Å². The average molecular weight is 230 g/mol. The standard InChI is InChI=1S/C11H22N2OS/c1-3-9(7-11(12)15)13-6-4-5-10(8-13)14-2/h9-10H,3-8H2,1-2H3,(H2,12,15). The van der Waals surface area contributed by atoms with Crippen molar-refractivity contribution in [1.82, 2.24) is 4.90 Å². The molecule has 1 fully saturated rings. The van der Waals surface area contributed by atoms with Crippen LogP contribution in [0, 0.1) is 0 Å². The molecular formula is C11H22N2OS. The van der Waals surface area contributed by atoms with E-state index in [0.29, 0.717) is 17.1 Å². The first-order valence-electron chi connectivity index (χ1n) is 5.72. The number of thiocarbonyl (C=S) groups is 1. The highest BCUT2D eigenvalue weighted by molar-refractivity contribution is 7.80. The van der Waals surface area contributed by atoms with Crippen molar-refractivity contribution >= 4 is 17.2 Å². The minimum atomic E-state index is 0.388. The number of ether oxygens (including phenoxy) is 1. The normalized spacial score (nSPS) is 25.1. The van der Waals surface area contributed by atoms with Crippen LogP contribution in [-0.4, -0.2) is 42.2 Å². The van der Waals surface area contributed by atoms with Crippen molar-refractivity contribution in [2.45, 2.75) is 44.8 Å². The molecule has 88 valence electrons. The van der Waals surface area contributed by atoms with Crippen LogP contribution in [0.15, 0.2) is 0 Å². The number of piperidine rings is 1. The fourth-order valence-corrected chi connectivity index (χ4v) is 2.45. The Morgan fingerprint density at radius 1 is 1.67 bits per heavy atom. The lowest BCUT2D eigenvalue weighted by Crippen LogP contribution is -2.46. The van der Waals surface area contributed by atoms with E-state index in [9.17, 15) is 0 Å². The van der Waals surface area contributed by atoms with Gasteiger partial charge in [0, 0.05) is 26.1 Å². The lowest BCUT2D eigenvalue weighted by molar-refractivity contribution is 0.0150. The van der Waals surface area contributed by atoms with Crippen LogP contribution in [0.2, 0.25) is 0 Å². The van der Waals surface area contributed by atoms with Crippen LogP contribution < -0.4 is 5.73 Å². The van der Waals surface area contributed by atoms with Gasteiger partial charge in [0.15, 0.2) is 0 Å². The Morgan fingerprint density at radius 2 is 2.40 bits per heavy atom. The average Bonchev–Trinajstić information content (AvgIpc) is 2.25. The van der Waals surface area contributed by atoms with Crippen LogP contribution in [-0.2, 0) is 4.74 Å². The highest BCUT2D eigenvalue weighted by atomic mass is 32.1. The van der Waals surface area contributed by atoms with Crippen molar-refractivity contribution in [1.29, 1.82) is 0 Å². The molecule has 15 heavy (non-hydrogen) atoms. The largest absolute Gasteiger partial charge is 0.393 e. The Kier molecular flexibility index (Phi) is 5.50. The molecule has 0 spiro atoms. The van der Waals surface area contributed by atoms with E-state index in [1.54, 1.807) is 7.11 Å². The summed E-state index contributed by atoms with van der Waals surface area (Å²) in [6, 6.07) is 0.500. The molecule has 1 saturated heterocycles. The summed E-state index contributed by atoms with van der Waals surface area (Å²) in [5.41, 5.74) is 5.62. The van der Waals surface area contributed by atoms with Crippen molar-refractivity contribution in [2.75, 3.05) is 20.2 Å². The SMILES string of the molecule is CCC(CC(N)=S)N1CCCC(OC)C1. The molecule has 0 amide bonds. The summed E-state index contributed by atoms with van der Waals surface area (Å²) in [6.45, 7) is 4.37. The molecule has 0 bridgehead atoms. The number of methoxy groups -OCH3 is 1. The molecule has 0 saturated carbocycles. The minimum absolute atomic E-state index is 0.388. The van der Waals surface area contributed by atoms with Crippen molar-refractivity contribution in [3.63, 3.8) is 0 Å². The number of nitrogens with zero attached hydrogens (tertiary/aromatic N) is 1. The number of hydrogen-bond donors (Lipinski definition) is 1. The van der Waals surface area contributed by atoms with Crippen LogP contribution in [0.3, 0.4) is 0 Å². The molecule has 0 aromatic rings. The fraction of sp³-hybridized carbons (Fsp3) is 0.909. The molecule has 0 aromatic carbocycles. The molecule has 1 aliphatic heterocycles. The third kappa shape index (κ3) is 4.05. The molecule has 1 rings (SSSR count). The molecule has 0 radical (unpaired) electrons. The van der Waals surface area contributed by atoms with Crippen molar-refractivity contribution < 1.29 is 4.74 Å². The van der Waals surface area contributed by atoms with Crippen molar-refractivity contribution in [3.8, 4) is 0 Å². The van der Waals surface area contributed by atoms with Crippen LogP contribution in [0.1, 0.15) is 32.6 Å². The summed E-state index contributed by atoms with van der Waals surface area (Å²) < 4.78 is 5.42. The summed E-state index contributed by atoms with van der Waals surface area (Å²) >= 11 is 4.99. The van der Waals surface area contributed by atoms with Crippen LogP contribution >= 0.6 is 12.2 Å². The van der Waals surface area contributed by atoms with Gasteiger partial charge >= 0.3 is 0 Å². The molecule has 4 heteroatoms. The number of rotatable bonds is 5. The molecule has 2 N–H and O–H groups in total. The van der Waals surface area contributed by atoms with Gasteiger partial charge in [-0.1, -0.05) is 19.1 Å². The van der Waals surface area contributed by atoms with Gasteiger partial charge in [0.2, 0.25) is 0 Å². The van der Waals surface area contributed by atoms with Gasteiger partial charge in [-0.3, -0.25) is 4.90 Å². The van der Waals surface area contributed by atoms with E-state index in [2.05, 4.69) is 11.8 Å². The Labute approximate surface area is 98.0 Å². The Bertz CT molecular complexity index is 211. The minimum Gasteiger partial charge on any atom is -0.393 e. The van der Waals surface area contributed by atoms with Crippen molar-refractivity contribution in [3.05, 3.63) is 0 Å². The number of nitrogens with two attached hydrogens (primary N) is 1. The monoisotopic (exact) mass is 230 g/mol. The quantitative estimate of drug-likeness (QED) is 0.727. The van der Waals surface area contributed by atoms with Gasteiger partial charge in [-0.2, -0.15) is 0 Å². The zero-order valence-corrected chi connectivity index (χ0v) is 10.6. The molecule has 1 heterocycles.